The minimum atomic E-state index is -1.75. The van der Waals surface area contributed by atoms with Gasteiger partial charge in [0.2, 0.25) is 0 Å². The van der Waals surface area contributed by atoms with Gasteiger partial charge in [-0.1, -0.05) is 72.8 Å². The third-order valence-corrected chi connectivity index (χ3v) is 5.01. The van der Waals surface area contributed by atoms with E-state index in [-0.39, 0.29) is 40.7 Å². The average molecular weight is 754 g/mol. The molecule has 2 aromatic carbocycles. The van der Waals surface area contributed by atoms with Gasteiger partial charge >= 0.3 is 34.1 Å². The Morgan fingerprint density at radius 2 is 0.851 bits per heavy atom. The number of aromatic nitrogens is 2. The van der Waals surface area contributed by atoms with E-state index >= 15 is 0 Å². The Labute approximate surface area is 293 Å². The van der Waals surface area contributed by atoms with Gasteiger partial charge in [-0.25, -0.2) is 0 Å². The van der Waals surface area contributed by atoms with Crippen molar-refractivity contribution in [1.29, 1.82) is 0 Å². The van der Waals surface area contributed by atoms with E-state index in [4.69, 9.17) is 45.2 Å². The molecular formula is C30H34Cu2N4O11. The van der Waals surface area contributed by atoms with E-state index < -0.39 is 21.7 Å². The van der Waals surface area contributed by atoms with E-state index in [1.54, 1.807) is 93.8 Å². The number of hydrogen-bond donors (Lipinski definition) is 1. The van der Waals surface area contributed by atoms with Crippen molar-refractivity contribution in [3.05, 3.63) is 163 Å². The van der Waals surface area contributed by atoms with Gasteiger partial charge in [-0.3, -0.25) is 9.97 Å². The van der Waals surface area contributed by atoms with Gasteiger partial charge in [-0.2, -0.15) is 0 Å². The normalized spacial score (nSPS) is 11.7. The zero-order valence-corrected chi connectivity index (χ0v) is 27.3. The van der Waals surface area contributed by atoms with Gasteiger partial charge in [0.1, 0.15) is 0 Å². The molecule has 0 unspecified atom stereocenters. The van der Waals surface area contributed by atoms with Gasteiger partial charge in [-0.15, -0.1) is 0 Å². The van der Waals surface area contributed by atoms with Gasteiger partial charge in [0.25, 0.3) is 0 Å². The fraction of sp³-hybridized carbons (Fsp3) is 0.267. The third kappa shape index (κ3) is 18.7. The van der Waals surface area contributed by atoms with Gasteiger partial charge < -0.3 is 55.4 Å². The second-order valence-electron chi connectivity index (χ2n) is 8.02. The van der Waals surface area contributed by atoms with Crippen LogP contribution in [0.3, 0.4) is 0 Å². The monoisotopic (exact) mass is 752 g/mol. The fourth-order valence-corrected chi connectivity index (χ4v) is 3.45. The van der Waals surface area contributed by atoms with E-state index in [2.05, 4.69) is 9.97 Å². The summed E-state index contributed by atoms with van der Waals surface area (Å²) in [7, 11) is 0. The molecule has 2 atom stereocenters. The Morgan fingerprint density at radius 1 is 0.596 bits per heavy atom. The number of benzene rings is 2. The Morgan fingerprint density at radius 3 is 1.06 bits per heavy atom. The van der Waals surface area contributed by atoms with Gasteiger partial charge in [0, 0.05) is 32.2 Å². The van der Waals surface area contributed by atoms with Crippen molar-refractivity contribution in [1.82, 2.24) is 9.97 Å². The first-order valence-corrected chi connectivity index (χ1v) is 13.3. The molecule has 1 N–H and O–H groups in total. The molecule has 0 aliphatic carbocycles. The SMILES string of the molecule is CCO.CCO[C@@]([O-])(c1ccccc1)c1ccccn1.CCO[C@]([O-])(c1ccccc1)c1ccccn1.O=[N+]([O-])[O-].O=[N+]([O-])[O-].[Cu+2].[Cu+2]. The minimum Gasteiger partial charge on any atom is -0.820 e. The molecule has 2 radical (unpaired) electrons. The standard InChI is InChI=1S/2C14H14NO2.C2H6O.2Cu.2NO3/c2*1-2-17-14(16,12-8-4-3-5-9-12)13-10-6-7-11-15-13;1-2-3;;;2*2-1(3)4/h2*3-11H,2H2,1H3;3H,2H2,1H3;;;;/q2*-1;;2*+2;2*-1/t2*14-;;;;;/m10...../s1. The van der Waals surface area contributed by atoms with Gasteiger partial charge in [-0.05, 0) is 56.2 Å². The summed E-state index contributed by atoms with van der Waals surface area (Å²) in [6.45, 7) is 6.22. The molecule has 17 heteroatoms. The van der Waals surface area contributed by atoms with E-state index in [1.165, 1.54) is 0 Å². The Balaban J connectivity index is -0.000000609. The van der Waals surface area contributed by atoms with Crippen LogP contribution in [-0.4, -0.2) is 45.1 Å². The molecule has 0 spiro atoms. The second kappa shape index (κ2) is 27.1. The predicted octanol–water partition coefficient (Wildman–Crippen LogP) is 2.87. The van der Waals surface area contributed by atoms with E-state index in [0.717, 1.165) is 0 Å². The number of aliphatic hydroxyl groups is 1. The molecule has 262 valence electrons. The van der Waals surface area contributed by atoms with Crippen molar-refractivity contribution in [2.24, 2.45) is 0 Å². The van der Waals surface area contributed by atoms with Crippen LogP contribution in [0.1, 0.15) is 43.3 Å². The molecule has 15 nitrogen and oxygen atoms in total. The van der Waals surface area contributed by atoms with Crippen LogP contribution in [0.5, 0.6) is 0 Å². The summed E-state index contributed by atoms with van der Waals surface area (Å²) in [5.74, 6) is -3.45. The molecule has 4 aromatic rings. The summed E-state index contributed by atoms with van der Waals surface area (Å²) in [5.41, 5.74) is 1.90. The molecular weight excluding hydrogens is 719 g/mol. The molecule has 2 heterocycles. The zero-order chi connectivity index (χ0) is 34.1. The summed E-state index contributed by atoms with van der Waals surface area (Å²) < 4.78 is 10.8. The van der Waals surface area contributed by atoms with E-state index in [0.29, 0.717) is 35.7 Å². The minimum absolute atomic E-state index is 0. The molecule has 0 amide bonds. The van der Waals surface area contributed by atoms with Crippen LogP contribution < -0.4 is 10.2 Å². The molecule has 0 fully saturated rings. The molecule has 47 heavy (non-hydrogen) atoms. The quantitative estimate of drug-likeness (QED) is 0.118. The van der Waals surface area contributed by atoms with Crippen molar-refractivity contribution < 1.29 is 69.1 Å². The maximum Gasteiger partial charge on any atom is 2.00 e. The molecule has 4 rings (SSSR count). The largest absolute Gasteiger partial charge is 2.00 e. The smallest absolute Gasteiger partial charge is 0.820 e. The predicted molar refractivity (Wildman–Crippen MR) is 160 cm³/mol. The summed E-state index contributed by atoms with van der Waals surface area (Å²) in [6.07, 6.45) is 3.20. The van der Waals surface area contributed by atoms with Crippen molar-refractivity contribution in [3.63, 3.8) is 0 Å². The number of pyridine rings is 2. The van der Waals surface area contributed by atoms with Crippen molar-refractivity contribution in [3.8, 4) is 0 Å². The molecule has 0 bridgehead atoms. The maximum atomic E-state index is 12.8. The van der Waals surface area contributed by atoms with Crippen molar-refractivity contribution in [2.45, 2.75) is 32.3 Å². The summed E-state index contributed by atoms with van der Waals surface area (Å²) in [4.78, 5) is 24.7. The first kappa shape index (κ1) is 47.4. The fourth-order valence-electron chi connectivity index (χ4n) is 3.45. The van der Waals surface area contributed by atoms with E-state index in [1.807, 2.05) is 36.4 Å². The number of nitrogens with zero attached hydrogens (tertiary/aromatic N) is 4. The van der Waals surface area contributed by atoms with Crippen molar-refractivity contribution >= 4 is 0 Å². The Bertz CT molecular complexity index is 1140. The molecule has 0 saturated carbocycles. The average Bonchev–Trinajstić information content (AvgIpc) is 3.03. The van der Waals surface area contributed by atoms with Crippen molar-refractivity contribution in [2.75, 3.05) is 19.8 Å². The topological polar surface area (TPSA) is 243 Å². The molecule has 0 aliphatic rings. The summed E-state index contributed by atoms with van der Waals surface area (Å²) in [5, 5.41) is 62.7. The Kier molecular flexibility index (Phi) is 27.3. The van der Waals surface area contributed by atoms with Gasteiger partial charge in [0.15, 0.2) is 0 Å². The molecule has 2 aromatic heterocycles. The Hall–Kier alpha value is -4.02. The van der Waals surface area contributed by atoms with Gasteiger partial charge in [0.05, 0.1) is 33.1 Å². The van der Waals surface area contributed by atoms with Crippen LogP contribution in [0.15, 0.2) is 109 Å². The number of hydrogen-bond acceptors (Lipinski definition) is 13. The number of ether oxygens (including phenoxy) is 2. The third-order valence-electron chi connectivity index (χ3n) is 5.01. The van der Waals surface area contributed by atoms with Crippen LogP contribution in [0.4, 0.5) is 0 Å². The maximum absolute atomic E-state index is 12.8. The second-order valence-corrected chi connectivity index (χ2v) is 8.02. The van der Waals surface area contributed by atoms with Crippen LogP contribution in [0.25, 0.3) is 0 Å². The zero-order valence-electron chi connectivity index (χ0n) is 25.4. The van der Waals surface area contributed by atoms with E-state index in [9.17, 15) is 10.2 Å². The van der Waals surface area contributed by atoms with Crippen LogP contribution in [0.2, 0.25) is 0 Å². The first-order valence-electron chi connectivity index (χ1n) is 13.3. The summed E-state index contributed by atoms with van der Waals surface area (Å²) in [6, 6.07) is 28.6. The molecule has 0 aliphatic heterocycles. The number of rotatable bonds is 8. The summed E-state index contributed by atoms with van der Waals surface area (Å²) >= 11 is 0. The molecule has 0 saturated heterocycles. The first-order chi connectivity index (χ1) is 21.4. The van der Waals surface area contributed by atoms with Crippen LogP contribution >= 0.6 is 0 Å². The van der Waals surface area contributed by atoms with Crippen LogP contribution in [0, 0.1) is 30.6 Å². The number of aliphatic hydroxyl groups excluding tert-OH is 1. The van der Waals surface area contributed by atoms with Crippen LogP contribution in [-0.2, 0) is 55.2 Å².